The molecule has 0 bridgehead atoms. The minimum Gasteiger partial charge on any atom is -0.465 e. The number of nitrogens with one attached hydrogen (secondary N) is 2. The highest BCUT2D eigenvalue weighted by atomic mass is 16.3. The van der Waals surface area contributed by atoms with E-state index in [1.807, 2.05) is 31.2 Å². The van der Waals surface area contributed by atoms with Crippen LogP contribution in [-0.2, 0) is 0 Å². The Morgan fingerprint density at radius 1 is 1.25 bits per heavy atom. The summed E-state index contributed by atoms with van der Waals surface area (Å²) >= 11 is 0. The van der Waals surface area contributed by atoms with Crippen molar-refractivity contribution in [2.45, 2.75) is 6.92 Å². The zero-order chi connectivity index (χ0) is 16.4. The maximum Gasteiger partial charge on any atom is 0.265 e. The molecule has 0 amide bonds. The number of allylic oxidation sites excluding steroid dienone is 1. The number of anilines is 1. The average molecular weight is 318 g/mol. The van der Waals surface area contributed by atoms with E-state index < -0.39 is 0 Å². The second-order valence-electron chi connectivity index (χ2n) is 5.27. The number of hydrogen-bond donors (Lipinski definition) is 2. The third-order valence-electron chi connectivity index (χ3n) is 3.50. The summed E-state index contributed by atoms with van der Waals surface area (Å²) in [6, 6.07) is 9.80. The van der Waals surface area contributed by atoms with Crippen molar-refractivity contribution in [1.29, 1.82) is 0 Å². The van der Waals surface area contributed by atoms with E-state index in [-0.39, 0.29) is 0 Å². The first kappa shape index (κ1) is 14.1. The molecule has 0 unspecified atom stereocenters. The molecular formula is C17H14N6O. The summed E-state index contributed by atoms with van der Waals surface area (Å²) in [6.45, 7) is 2.04. The monoisotopic (exact) mass is 318 g/mol. The van der Waals surface area contributed by atoms with Gasteiger partial charge < -0.3 is 9.40 Å². The fourth-order valence-corrected chi connectivity index (χ4v) is 2.39. The molecule has 0 saturated carbocycles. The van der Waals surface area contributed by atoms with Crippen molar-refractivity contribution in [3.05, 3.63) is 54.0 Å². The normalized spacial score (nSPS) is 12.0. The van der Waals surface area contributed by atoms with E-state index in [1.54, 1.807) is 24.6 Å². The Balaban J connectivity index is 1.53. The lowest BCUT2D eigenvalue weighted by Crippen LogP contribution is -1.98. The average Bonchev–Trinajstić information content (AvgIpc) is 3.21. The fourth-order valence-electron chi connectivity index (χ4n) is 2.39. The maximum absolute atomic E-state index is 5.18. The van der Waals surface area contributed by atoms with Gasteiger partial charge in [0, 0.05) is 17.1 Å². The van der Waals surface area contributed by atoms with E-state index in [1.165, 1.54) is 5.56 Å². The highest BCUT2D eigenvalue weighted by molar-refractivity contribution is 6.03. The van der Waals surface area contributed by atoms with Crippen molar-refractivity contribution in [1.82, 2.24) is 20.2 Å². The van der Waals surface area contributed by atoms with Crippen LogP contribution in [-0.4, -0.2) is 26.4 Å². The smallest absolute Gasteiger partial charge is 0.265 e. The molecule has 3 aromatic heterocycles. The van der Waals surface area contributed by atoms with Gasteiger partial charge in [-0.25, -0.2) is 5.43 Å². The van der Waals surface area contributed by atoms with Gasteiger partial charge in [-0.3, -0.25) is 0 Å². The third-order valence-corrected chi connectivity index (χ3v) is 3.50. The first-order chi connectivity index (χ1) is 11.8. The Kier molecular flexibility index (Phi) is 3.51. The van der Waals surface area contributed by atoms with Gasteiger partial charge in [0.2, 0.25) is 0 Å². The van der Waals surface area contributed by atoms with Crippen LogP contribution in [0.3, 0.4) is 0 Å². The van der Waals surface area contributed by atoms with Gasteiger partial charge in [0.25, 0.3) is 5.95 Å². The molecule has 0 saturated heterocycles. The van der Waals surface area contributed by atoms with Crippen LogP contribution in [0.1, 0.15) is 11.3 Å². The van der Waals surface area contributed by atoms with Crippen LogP contribution in [0.2, 0.25) is 0 Å². The number of aromatic amines is 1. The molecule has 0 fully saturated rings. The van der Waals surface area contributed by atoms with E-state index in [0.717, 1.165) is 22.2 Å². The van der Waals surface area contributed by atoms with Crippen molar-refractivity contribution in [3.63, 3.8) is 0 Å². The number of nitrogens with zero attached hydrogens (tertiary/aromatic N) is 4. The van der Waals surface area contributed by atoms with Crippen LogP contribution in [0, 0.1) is 6.92 Å². The lowest BCUT2D eigenvalue weighted by Gasteiger charge is -1.96. The van der Waals surface area contributed by atoms with Gasteiger partial charge in [-0.1, -0.05) is 11.6 Å². The highest BCUT2D eigenvalue weighted by Crippen LogP contribution is 2.23. The first-order valence-corrected chi connectivity index (χ1v) is 7.41. The number of rotatable bonds is 4. The number of hydrazone groups is 1. The third kappa shape index (κ3) is 2.74. The molecule has 0 radical (unpaired) electrons. The zero-order valence-electron chi connectivity index (χ0n) is 12.9. The zero-order valence-corrected chi connectivity index (χ0v) is 12.9. The van der Waals surface area contributed by atoms with Gasteiger partial charge in [-0.05, 0) is 43.3 Å². The van der Waals surface area contributed by atoms with Crippen LogP contribution in [0.15, 0.2) is 52.2 Å². The van der Waals surface area contributed by atoms with E-state index in [0.29, 0.717) is 11.6 Å². The van der Waals surface area contributed by atoms with Crippen LogP contribution in [0.5, 0.6) is 0 Å². The number of aryl methyl sites for hydroxylation is 1. The van der Waals surface area contributed by atoms with E-state index in [4.69, 9.17) is 4.42 Å². The highest BCUT2D eigenvalue weighted by Gasteiger charge is 2.08. The molecule has 3 heterocycles. The van der Waals surface area contributed by atoms with Crippen LogP contribution in [0.4, 0.5) is 5.95 Å². The van der Waals surface area contributed by atoms with Crippen LogP contribution in [0.25, 0.3) is 28.1 Å². The molecule has 118 valence electrons. The molecule has 1 aromatic carbocycles. The predicted molar refractivity (Wildman–Crippen MR) is 93.8 cm³/mol. The summed E-state index contributed by atoms with van der Waals surface area (Å²) in [5, 5.41) is 13.3. The van der Waals surface area contributed by atoms with Crippen LogP contribution >= 0.6 is 0 Å². The molecule has 0 aliphatic rings. The molecule has 4 rings (SSSR count). The van der Waals surface area contributed by atoms with Gasteiger partial charge in [-0.2, -0.15) is 10.1 Å². The molecule has 0 aliphatic heterocycles. The van der Waals surface area contributed by atoms with Crippen molar-refractivity contribution in [3.8, 4) is 0 Å². The number of H-pyrrole nitrogens is 1. The summed E-state index contributed by atoms with van der Waals surface area (Å²) in [4.78, 5) is 7.63. The van der Waals surface area contributed by atoms with Gasteiger partial charge in [0.15, 0.2) is 5.65 Å². The topological polar surface area (TPSA) is 92.0 Å². The molecule has 0 spiro atoms. The van der Waals surface area contributed by atoms with Crippen molar-refractivity contribution in [2.24, 2.45) is 5.10 Å². The molecule has 0 aliphatic carbocycles. The lowest BCUT2D eigenvalue weighted by molar-refractivity contribution is 0.557. The summed E-state index contributed by atoms with van der Waals surface area (Å²) in [7, 11) is 0. The molecule has 24 heavy (non-hydrogen) atoms. The Morgan fingerprint density at radius 3 is 3.08 bits per heavy atom. The van der Waals surface area contributed by atoms with E-state index in [9.17, 15) is 0 Å². The number of benzene rings is 1. The van der Waals surface area contributed by atoms with Gasteiger partial charge >= 0.3 is 0 Å². The summed E-state index contributed by atoms with van der Waals surface area (Å²) in [5.41, 5.74) is 6.33. The molecule has 2 N–H and O–H groups in total. The molecule has 7 heteroatoms. The van der Waals surface area contributed by atoms with Crippen LogP contribution < -0.4 is 5.43 Å². The molecule has 0 atom stereocenters. The second-order valence-corrected chi connectivity index (χ2v) is 5.27. The van der Waals surface area contributed by atoms with Crippen molar-refractivity contribution < 1.29 is 4.42 Å². The minimum absolute atomic E-state index is 0.327. The van der Waals surface area contributed by atoms with E-state index >= 15 is 0 Å². The summed E-state index contributed by atoms with van der Waals surface area (Å²) in [5.74, 6) is 1.09. The van der Waals surface area contributed by atoms with Crippen molar-refractivity contribution in [2.75, 3.05) is 5.43 Å². The molecule has 7 nitrogen and oxygen atoms in total. The largest absolute Gasteiger partial charge is 0.465 e. The molecular weight excluding hydrogens is 304 g/mol. The van der Waals surface area contributed by atoms with Gasteiger partial charge in [0.1, 0.15) is 11.3 Å². The number of aromatic nitrogens is 4. The van der Waals surface area contributed by atoms with Gasteiger partial charge in [-0.15, -0.1) is 10.2 Å². The predicted octanol–water partition coefficient (Wildman–Crippen LogP) is 3.52. The minimum atomic E-state index is 0.327. The Hall–Kier alpha value is -3.48. The lowest BCUT2D eigenvalue weighted by atomic mass is 10.2. The van der Waals surface area contributed by atoms with Crippen molar-refractivity contribution >= 4 is 40.3 Å². The second kappa shape index (κ2) is 5.96. The number of fused-ring (bicyclic) bond motifs is 3. The SMILES string of the molecule is Cc1ccc2[nH]c3nc(NN=CC=Cc4ccco4)nnc3c2c1. The molecule has 4 aromatic rings. The maximum atomic E-state index is 5.18. The fraction of sp³-hybridized carbons (Fsp3) is 0.0588. The summed E-state index contributed by atoms with van der Waals surface area (Å²) < 4.78 is 5.18. The standard InChI is InChI=1S/C17H14N6O/c1-11-6-7-14-13(10-11)15-16(19-14)20-17(23-21-15)22-18-8-2-4-12-5-3-9-24-12/h2-10H,1H3,(H2,19,20,22,23). The van der Waals surface area contributed by atoms with Gasteiger partial charge in [0.05, 0.1) is 6.26 Å². The van der Waals surface area contributed by atoms with E-state index in [2.05, 4.69) is 36.8 Å². The number of furan rings is 1. The summed E-state index contributed by atoms with van der Waals surface area (Å²) in [6.07, 6.45) is 6.76. The Morgan fingerprint density at radius 2 is 2.21 bits per heavy atom. The first-order valence-electron chi connectivity index (χ1n) is 7.41. The number of hydrogen-bond acceptors (Lipinski definition) is 6. The Labute approximate surface area is 137 Å². The quantitative estimate of drug-likeness (QED) is 0.444. The Bertz CT molecular complexity index is 1050.